The fraction of sp³-hybridized carbons (Fsp3) is 0.900. The molecule has 2 atom stereocenters. The summed E-state index contributed by atoms with van der Waals surface area (Å²) in [4.78, 5) is 10.6. The molecule has 0 aliphatic rings. The monoisotopic (exact) mass is 172 g/mol. The third-order valence-corrected chi connectivity index (χ3v) is 2.34. The first kappa shape index (κ1) is 11.6. The molecule has 0 saturated heterocycles. The number of hydrogen-bond acceptors (Lipinski definition) is 2. The number of ketones is 1. The van der Waals surface area contributed by atoms with E-state index in [9.17, 15) is 4.79 Å². The number of carbonyl (C=O) groups is 1. The van der Waals surface area contributed by atoms with E-state index in [0.29, 0.717) is 12.3 Å². The molecule has 0 aromatic rings. The van der Waals surface area contributed by atoms with E-state index in [1.165, 1.54) is 13.3 Å². The van der Waals surface area contributed by atoms with E-state index in [1.54, 1.807) is 0 Å². The topological polar surface area (TPSA) is 37.3 Å². The molecule has 72 valence electrons. The van der Waals surface area contributed by atoms with E-state index in [0.717, 1.165) is 12.8 Å². The largest absolute Gasteiger partial charge is 0.385 e. The van der Waals surface area contributed by atoms with Gasteiger partial charge in [0.2, 0.25) is 0 Å². The van der Waals surface area contributed by atoms with Crippen molar-refractivity contribution < 1.29 is 9.90 Å². The van der Waals surface area contributed by atoms with E-state index in [-0.39, 0.29) is 5.78 Å². The number of hydrogen-bond donors (Lipinski definition) is 1. The van der Waals surface area contributed by atoms with Gasteiger partial charge in [0, 0.05) is 0 Å². The van der Waals surface area contributed by atoms with Crippen LogP contribution in [-0.2, 0) is 4.79 Å². The van der Waals surface area contributed by atoms with Gasteiger partial charge in [-0.05, 0) is 19.3 Å². The smallest absolute Gasteiger partial charge is 0.158 e. The molecule has 0 saturated carbocycles. The Labute approximate surface area is 75.0 Å². The van der Waals surface area contributed by atoms with Gasteiger partial charge in [-0.1, -0.05) is 33.1 Å². The van der Waals surface area contributed by atoms with Gasteiger partial charge >= 0.3 is 0 Å². The molecule has 0 fully saturated rings. The average molecular weight is 172 g/mol. The molecule has 0 rings (SSSR count). The van der Waals surface area contributed by atoms with Gasteiger partial charge in [-0.2, -0.15) is 0 Å². The van der Waals surface area contributed by atoms with Gasteiger partial charge in [-0.3, -0.25) is 4.79 Å². The molecule has 0 aromatic heterocycles. The lowest BCUT2D eigenvalue weighted by Crippen LogP contribution is -2.16. The molecule has 2 heteroatoms. The van der Waals surface area contributed by atoms with Crippen LogP contribution in [0.5, 0.6) is 0 Å². The minimum atomic E-state index is -0.728. The van der Waals surface area contributed by atoms with Gasteiger partial charge in [0.15, 0.2) is 5.78 Å². The maximum Gasteiger partial charge on any atom is 0.158 e. The highest BCUT2D eigenvalue weighted by Gasteiger charge is 2.09. The third kappa shape index (κ3) is 5.30. The predicted molar refractivity (Wildman–Crippen MR) is 50.0 cm³/mol. The Morgan fingerprint density at radius 2 is 2.00 bits per heavy atom. The fourth-order valence-corrected chi connectivity index (χ4v) is 1.07. The molecular weight excluding hydrogens is 152 g/mol. The molecule has 0 aliphatic heterocycles. The first-order chi connectivity index (χ1) is 5.57. The summed E-state index contributed by atoms with van der Waals surface area (Å²) < 4.78 is 0. The van der Waals surface area contributed by atoms with Crippen molar-refractivity contribution >= 4 is 5.78 Å². The van der Waals surface area contributed by atoms with E-state index in [1.807, 2.05) is 0 Å². The van der Waals surface area contributed by atoms with Crippen molar-refractivity contribution in [3.05, 3.63) is 0 Å². The van der Waals surface area contributed by atoms with Crippen molar-refractivity contribution in [2.75, 3.05) is 0 Å². The van der Waals surface area contributed by atoms with E-state index in [2.05, 4.69) is 13.8 Å². The number of carbonyl (C=O) groups excluding carboxylic acids is 1. The Bertz CT molecular complexity index is 132. The summed E-state index contributed by atoms with van der Waals surface area (Å²) in [6.07, 6.45) is 3.14. The molecule has 0 aliphatic carbocycles. The zero-order valence-corrected chi connectivity index (χ0v) is 8.34. The molecule has 0 bridgehead atoms. The zero-order chi connectivity index (χ0) is 9.56. The first-order valence-corrected chi connectivity index (χ1v) is 4.76. The van der Waals surface area contributed by atoms with Gasteiger partial charge in [-0.15, -0.1) is 0 Å². The zero-order valence-electron chi connectivity index (χ0n) is 8.34. The molecule has 0 aromatic carbocycles. The molecule has 0 radical (unpaired) electrons. The van der Waals surface area contributed by atoms with Crippen LogP contribution in [0.3, 0.4) is 0 Å². The SMILES string of the molecule is CCC(C)CCCC(O)C(C)=O. The lowest BCUT2D eigenvalue weighted by Gasteiger charge is -2.09. The Hall–Kier alpha value is -0.370. The van der Waals surface area contributed by atoms with Crippen molar-refractivity contribution in [3.8, 4) is 0 Å². The van der Waals surface area contributed by atoms with Crippen molar-refractivity contribution in [1.82, 2.24) is 0 Å². The Balaban J connectivity index is 3.37. The maximum absolute atomic E-state index is 10.6. The fourth-order valence-electron chi connectivity index (χ4n) is 1.07. The van der Waals surface area contributed by atoms with Crippen molar-refractivity contribution in [3.63, 3.8) is 0 Å². The van der Waals surface area contributed by atoms with E-state index < -0.39 is 6.10 Å². The van der Waals surface area contributed by atoms with Crippen molar-refractivity contribution in [2.45, 2.75) is 52.6 Å². The second-order valence-corrected chi connectivity index (χ2v) is 3.57. The van der Waals surface area contributed by atoms with E-state index in [4.69, 9.17) is 5.11 Å². The molecule has 0 spiro atoms. The summed E-state index contributed by atoms with van der Waals surface area (Å²) in [6, 6.07) is 0. The molecule has 12 heavy (non-hydrogen) atoms. The van der Waals surface area contributed by atoms with Crippen LogP contribution in [-0.4, -0.2) is 17.0 Å². The minimum Gasteiger partial charge on any atom is -0.385 e. The number of aliphatic hydroxyl groups excluding tert-OH is 1. The maximum atomic E-state index is 10.6. The second kappa shape index (κ2) is 6.18. The molecule has 2 nitrogen and oxygen atoms in total. The Morgan fingerprint density at radius 1 is 1.42 bits per heavy atom. The van der Waals surface area contributed by atoms with Gasteiger partial charge in [0.25, 0.3) is 0 Å². The highest BCUT2D eigenvalue weighted by atomic mass is 16.3. The summed E-state index contributed by atoms with van der Waals surface area (Å²) in [7, 11) is 0. The Kier molecular flexibility index (Phi) is 5.99. The lowest BCUT2D eigenvalue weighted by molar-refractivity contribution is -0.125. The average Bonchev–Trinajstić information content (AvgIpc) is 2.03. The number of Topliss-reactive ketones (excluding diaryl/α,β-unsaturated/α-hetero) is 1. The summed E-state index contributed by atoms with van der Waals surface area (Å²) in [5.41, 5.74) is 0. The summed E-state index contributed by atoms with van der Waals surface area (Å²) in [5, 5.41) is 9.16. The highest BCUT2D eigenvalue weighted by Crippen LogP contribution is 2.12. The summed E-state index contributed by atoms with van der Waals surface area (Å²) in [5.74, 6) is 0.600. The third-order valence-electron chi connectivity index (χ3n) is 2.34. The van der Waals surface area contributed by atoms with Gasteiger partial charge < -0.3 is 5.11 Å². The van der Waals surface area contributed by atoms with Crippen LogP contribution in [0.25, 0.3) is 0 Å². The number of aliphatic hydroxyl groups is 1. The summed E-state index contributed by atoms with van der Waals surface area (Å²) >= 11 is 0. The molecule has 0 amide bonds. The van der Waals surface area contributed by atoms with Crippen LogP contribution >= 0.6 is 0 Å². The quantitative estimate of drug-likeness (QED) is 0.666. The van der Waals surface area contributed by atoms with Crippen LogP contribution < -0.4 is 0 Å². The van der Waals surface area contributed by atoms with Gasteiger partial charge in [0.05, 0.1) is 0 Å². The standard InChI is InChI=1S/C10H20O2/c1-4-8(2)6-5-7-10(12)9(3)11/h8,10,12H,4-7H2,1-3H3. The van der Waals surface area contributed by atoms with Crippen LogP contribution in [0, 0.1) is 5.92 Å². The normalized spacial score (nSPS) is 15.7. The minimum absolute atomic E-state index is 0.112. The predicted octanol–water partition coefficient (Wildman–Crippen LogP) is 2.15. The van der Waals surface area contributed by atoms with Gasteiger partial charge in [-0.25, -0.2) is 0 Å². The van der Waals surface area contributed by atoms with E-state index >= 15 is 0 Å². The summed E-state index contributed by atoms with van der Waals surface area (Å²) in [6.45, 7) is 5.79. The van der Waals surface area contributed by atoms with Crippen molar-refractivity contribution in [2.24, 2.45) is 5.92 Å². The van der Waals surface area contributed by atoms with Crippen LogP contribution in [0.1, 0.15) is 46.5 Å². The van der Waals surface area contributed by atoms with Gasteiger partial charge in [0.1, 0.15) is 6.10 Å². The molecule has 0 heterocycles. The van der Waals surface area contributed by atoms with Crippen LogP contribution in [0.4, 0.5) is 0 Å². The first-order valence-electron chi connectivity index (χ1n) is 4.76. The number of rotatable bonds is 6. The van der Waals surface area contributed by atoms with Crippen LogP contribution in [0.15, 0.2) is 0 Å². The van der Waals surface area contributed by atoms with Crippen LogP contribution in [0.2, 0.25) is 0 Å². The molecule has 1 N–H and O–H groups in total. The molecule has 2 unspecified atom stereocenters. The van der Waals surface area contributed by atoms with Crippen molar-refractivity contribution in [1.29, 1.82) is 0 Å². The lowest BCUT2D eigenvalue weighted by atomic mass is 9.99. The highest BCUT2D eigenvalue weighted by molar-refractivity contribution is 5.79. The molecular formula is C10H20O2. The second-order valence-electron chi connectivity index (χ2n) is 3.57. The Morgan fingerprint density at radius 3 is 2.42 bits per heavy atom.